The molecule has 0 aliphatic carbocycles. The van der Waals surface area contributed by atoms with Crippen molar-refractivity contribution in [3.05, 3.63) is 30.6 Å². The number of aliphatic imine (C=N–C) groups is 2. The molecular weight excluding hydrogens is 423 g/mol. The van der Waals surface area contributed by atoms with Crippen molar-refractivity contribution in [2.75, 3.05) is 18.8 Å². The van der Waals surface area contributed by atoms with Gasteiger partial charge in [0.1, 0.15) is 23.4 Å². The molecule has 0 spiro atoms. The second-order valence-electron chi connectivity index (χ2n) is 7.39. The van der Waals surface area contributed by atoms with Crippen molar-refractivity contribution in [3.63, 3.8) is 0 Å². The number of halogens is 3. The molecule has 8 nitrogen and oxygen atoms in total. The van der Waals surface area contributed by atoms with Crippen molar-refractivity contribution in [1.29, 1.82) is 0 Å². The van der Waals surface area contributed by atoms with Crippen LogP contribution in [0.1, 0.15) is 25.5 Å². The van der Waals surface area contributed by atoms with E-state index >= 15 is 0 Å². The van der Waals surface area contributed by atoms with Crippen LogP contribution in [-0.4, -0.2) is 71.7 Å². The monoisotopic (exact) mass is 445 g/mol. The molecule has 0 radical (unpaired) electrons. The van der Waals surface area contributed by atoms with Gasteiger partial charge < -0.3 is 4.74 Å². The minimum atomic E-state index is -4.58. The number of hydrogen-bond acceptors (Lipinski definition) is 8. The molecule has 1 aromatic rings. The van der Waals surface area contributed by atoms with E-state index in [0.29, 0.717) is 25.9 Å². The Morgan fingerprint density at radius 3 is 2.67 bits per heavy atom. The molecule has 0 saturated carbocycles. The first kappa shape index (κ1) is 22.3. The molecule has 0 bridgehead atoms. The first-order valence-corrected chi connectivity index (χ1v) is 11.0. The molecule has 1 fully saturated rings. The molecule has 0 amide bonds. The number of alkyl halides is 3. The number of nitrogens with zero attached hydrogens (tertiary/aromatic N) is 5. The van der Waals surface area contributed by atoms with Crippen LogP contribution in [0.2, 0.25) is 0 Å². The Bertz CT molecular complexity index is 929. The largest absolute Gasteiger partial charge is 0.460 e. The molecule has 12 heteroatoms. The summed E-state index contributed by atoms with van der Waals surface area (Å²) in [5.41, 5.74) is -1.98. The highest BCUT2D eigenvalue weighted by molar-refractivity contribution is 7.92. The Hall–Kier alpha value is -2.34. The van der Waals surface area contributed by atoms with Crippen LogP contribution in [-0.2, 0) is 16.0 Å². The fourth-order valence-corrected chi connectivity index (χ4v) is 5.53. The van der Waals surface area contributed by atoms with Gasteiger partial charge >= 0.3 is 12.2 Å². The maximum absolute atomic E-state index is 12.9. The van der Waals surface area contributed by atoms with Gasteiger partial charge in [0.25, 0.3) is 0 Å². The van der Waals surface area contributed by atoms with Crippen LogP contribution in [0.25, 0.3) is 0 Å². The van der Waals surface area contributed by atoms with E-state index in [4.69, 9.17) is 4.74 Å². The lowest BCUT2D eigenvalue weighted by molar-refractivity contribution is -0.141. The third-order valence-corrected chi connectivity index (χ3v) is 7.08. The van der Waals surface area contributed by atoms with E-state index in [1.165, 1.54) is 18.6 Å². The van der Waals surface area contributed by atoms with Crippen LogP contribution in [0.4, 0.5) is 13.2 Å². The van der Waals surface area contributed by atoms with Crippen LogP contribution in [0, 0.1) is 0 Å². The van der Waals surface area contributed by atoms with Gasteiger partial charge in [0.2, 0.25) is 0 Å². The number of piperidine rings is 1. The Morgan fingerprint density at radius 1 is 1.40 bits per heavy atom. The molecule has 1 aromatic heterocycles. The lowest BCUT2D eigenvalue weighted by Crippen LogP contribution is -2.49. The van der Waals surface area contributed by atoms with E-state index in [2.05, 4.69) is 26.5 Å². The average Bonchev–Trinajstić information content (AvgIpc) is 3.08. The molecular formula is C18H22F3N5O3S. The summed E-state index contributed by atoms with van der Waals surface area (Å²) in [6.07, 6.45) is 1.04. The Balaban J connectivity index is 1.61. The highest BCUT2D eigenvalue weighted by Gasteiger charge is 2.38. The molecule has 0 N–H and O–H groups in total. The standard InChI is InChI=1S/C18H22F3N5O3S/c1-3-15(30(27,28)11-17(2)10-22-12-24-17)26-8-5-13(6-9-26)29-16-23-7-4-14(25-16)18(19,20)21/h3-4,7,10,12-13,15H,1,5-6,8-9,11H2,2H3/t15?,17-/m0/s1. The quantitative estimate of drug-likeness (QED) is 0.597. The lowest BCUT2D eigenvalue weighted by Gasteiger charge is -2.36. The van der Waals surface area contributed by atoms with E-state index in [9.17, 15) is 21.6 Å². The number of aromatic nitrogens is 2. The molecule has 2 aliphatic heterocycles. The molecule has 2 aliphatic rings. The van der Waals surface area contributed by atoms with Gasteiger partial charge in [-0.25, -0.2) is 18.4 Å². The van der Waals surface area contributed by atoms with Crippen molar-refractivity contribution in [2.45, 2.75) is 43.0 Å². The summed E-state index contributed by atoms with van der Waals surface area (Å²) in [5.74, 6) is -0.203. The summed E-state index contributed by atoms with van der Waals surface area (Å²) in [6.45, 7) is 6.09. The van der Waals surface area contributed by atoms with Gasteiger partial charge in [-0.05, 0) is 25.8 Å². The zero-order chi connectivity index (χ0) is 22.0. The summed E-state index contributed by atoms with van der Waals surface area (Å²) in [6, 6.07) is 0.427. The van der Waals surface area contributed by atoms with Crippen LogP contribution in [0.15, 0.2) is 34.9 Å². The number of likely N-dealkylation sites (tertiary alicyclic amines) is 1. The predicted molar refractivity (Wildman–Crippen MR) is 105 cm³/mol. The van der Waals surface area contributed by atoms with Gasteiger partial charge in [0, 0.05) is 25.5 Å². The fraction of sp³-hybridized carbons (Fsp3) is 0.556. The number of sulfone groups is 1. The summed E-state index contributed by atoms with van der Waals surface area (Å²) in [7, 11) is -3.60. The smallest absolute Gasteiger partial charge is 0.433 e. The van der Waals surface area contributed by atoms with Crippen LogP contribution in [0.3, 0.4) is 0 Å². The minimum absolute atomic E-state index is 0.203. The summed E-state index contributed by atoms with van der Waals surface area (Å²) in [5, 5.41) is -0.899. The van der Waals surface area contributed by atoms with Crippen LogP contribution in [0.5, 0.6) is 6.01 Å². The van der Waals surface area contributed by atoms with Gasteiger partial charge in [0.15, 0.2) is 15.5 Å². The second-order valence-corrected chi connectivity index (χ2v) is 9.49. The molecule has 2 atom stereocenters. The molecule has 1 saturated heterocycles. The molecule has 3 rings (SSSR count). The zero-order valence-electron chi connectivity index (χ0n) is 16.3. The van der Waals surface area contributed by atoms with Crippen molar-refractivity contribution in [3.8, 4) is 6.01 Å². The Labute approximate surface area is 172 Å². The minimum Gasteiger partial charge on any atom is -0.460 e. The highest BCUT2D eigenvalue weighted by atomic mass is 32.2. The fourth-order valence-electron chi connectivity index (χ4n) is 3.44. The number of hydrogen-bond donors (Lipinski definition) is 0. The molecule has 30 heavy (non-hydrogen) atoms. The van der Waals surface area contributed by atoms with E-state index in [1.54, 1.807) is 11.8 Å². The van der Waals surface area contributed by atoms with E-state index in [-0.39, 0.29) is 11.8 Å². The summed E-state index contributed by atoms with van der Waals surface area (Å²) in [4.78, 5) is 16.9. The van der Waals surface area contributed by atoms with Gasteiger partial charge in [0.05, 0.1) is 5.75 Å². The molecule has 164 valence electrons. The summed E-state index contributed by atoms with van der Waals surface area (Å²) < 4.78 is 69.7. The number of rotatable bonds is 7. The number of ether oxygens (including phenoxy) is 1. The third-order valence-electron chi connectivity index (χ3n) is 4.87. The molecule has 3 heterocycles. The van der Waals surface area contributed by atoms with E-state index in [0.717, 1.165) is 12.3 Å². The SMILES string of the molecule is C=CC(N1CCC(Oc2nccc(C(F)(F)F)n2)CC1)S(=O)(=O)C[C@]1(C)C=NC=N1. The van der Waals surface area contributed by atoms with Crippen molar-refractivity contribution in [2.24, 2.45) is 9.98 Å². The normalized spacial score (nSPS) is 24.1. The van der Waals surface area contributed by atoms with Gasteiger partial charge in [-0.1, -0.05) is 6.08 Å². The molecule has 1 unspecified atom stereocenters. The topological polar surface area (TPSA) is 97.1 Å². The van der Waals surface area contributed by atoms with Gasteiger partial charge in [-0.2, -0.15) is 18.2 Å². The van der Waals surface area contributed by atoms with E-state index < -0.39 is 38.7 Å². The van der Waals surface area contributed by atoms with Crippen LogP contribution >= 0.6 is 0 Å². The zero-order valence-corrected chi connectivity index (χ0v) is 17.1. The first-order chi connectivity index (χ1) is 14.0. The second kappa shape index (κ2) is 8.42. The first-order valence-electron chi connectivity index (χ1n) is 9.25. The lowest BCUT2D eigenvalue weighted by atomic mass is 10.1. The van der Waals surface area contributed by atoms with E-state index in [1.807, 2.05) is 0 Å². The third kappa shape index (κ3) is 5.22. The Kier molecular flexibility index (Phi) is 6.27. The average molecular weight is 445 g/mol. The van der Waals surface area contributed by atoms with Gasteiger partial charge in [-0.15, -0.1) is 6.58 Å². The summed E-state index contributed by atoms with van der Waals surface area (Å²) >= 11 is 0. The molecule has 0 aromatic carbocycles. The maximum atomic E-state index is 12.9. The Morgan fingerprint density at radius 2 is 2.10 bits per heavy atom. The predicted octanol–water partition coefficient (Wildman–Crippen LogP) is 2.14. The van der Waals surface area contributed by atoms with Crippen molar-refractivity contribution in [1.82, 2.24) is 14.9 Å². The van der Waals surface area contributed by atoms with Gasteiger partial charge in [-0.3, -0.25) is 9.89 Å². The highest BCUT2D eigenvalue weighted by Crippen LogP contribution is 2.29. The van der Waals surface area contributed by atoms with Crippen molar-refractivity contribution >= 4 is 22.4 Å². The van der Waals surface area contributed by atoms with Crippen molar-refractivity contribution < 1.29 is 26.3 Å². The van der Waals surface area contributed by atoms with Crippen LogP contribution < -0.4 is 4.74 Å². The maximum Gasteiger partial charge on any atom is 0.433 e.